The molecule has 6 heteroatoms. The molecule has 0 aliphatic carbocycles. The molecule has 0 aromatic carbocycles. The molecule has 2 aliphatic heterocycles. The lowest BCUT2D eigenvalue weighted by atomic mass is 9.89. The fraction of sp³-hybridized carbons (Fsp3) is 0.364. The lowest BCUT2D eigenvalue weighted by Crippen LogP contribution is -2.52. The van der Waals surface area contributed by atoms with E-state index in [1.165, 1.54) is 5.69 Å². The van der Waals surface area contributed by atoms with Crippen LogP contribution in [0.1, 0.15) is 40.9 Å². The third kappa shape index (κ3) is 2.20. The van der Waals surface area contributed by atoms with Gasteiger partial charge < -0.3 is 18.8 Å². The Hall–Kier alpha value is -3.02. The Morgan fingerprint density at radius 1 is 1.29 bits per heavy atom. The molecular weight excluding hydrogens is 352 g/mol. The van der Waals surface area contributed by atoms with Crippen LogP contribution in [-0.4, -0.2) is 40.0 Å². The number of likely N-dealkylation sites (tertiary alicyclic amines) is 1. The van der Waals surface area contributed by atoms with Crippen LogP contribution in [0.5, 0.6) is 0 Å². The zero-order valence-electron chi connectivity index (χ0n) is 16.5. The molecule has 0 saturated carbocycles. The van der Waals surface area contributed by atoms with Crippen molar-refractivity contribution in [2.75, 3.05) is 24.5 Å². The van der Waals surface area contributed by atoms with Gasteiger partial charge in [-0.15, -0.1) is 0 Å². The van der Waals surface area contributed by atoms with Gasteiger partial charge in [0.05, 0.1) is 17.9 Å². The average molecular weight is 376 g/mol. The first kappa shape index (κ1) is 17.1. The van der Waals surface area contributed by atoms with Gasteiger partial charge in [-0.3, -0.25) is 4.79 Å². The second-order valence-corrected chi connectivity index (χ2v) is 7.71. The Balaban J connectivity index is 1.56. The van der Waals surface area contributed by atoms with E-state index in [0.717, 1.165) is 35.8 Å². The average Bonchev–Trinajstić information content (AvgIpc) is 3.42. The number of aromatic nitrogens is 2. The van der Waals surface area contributed by atoms with Crippen LogP contribution in [0.3, 0.4) is 0 Å². The Morgan fingerprint density at radius 2 is 2.14 bits per heavy atom. The van der Waals surface area contributed by atoms with Gasteiger partial charge in [0.1, 0.15) is 11.3 Å². The largest absolute Gasteiger partial charge is 0.456 e. The summed E-state index contributed by atoms with van der Waals surface area (Å²) in [7, 11) is 0. The highest BCUT2D eigenvalue weighted by atomic mass is 16.4. The second-order valence-electron chi connectivity index (χ2n) is 7.71. The van der Waals surface area contributed by atoms with Crippen LogP contribution < -0.4 is 4.90 Å². The molecule has 6 nitrogen and oxygen atoms in total. The summed E-state index contributed by atoms with van der Waals surface area (Å²) in [5.41, 5.74) is 3.08. The number of anilines is 1. The van der Waals surface area contributed by atoms with Crippen LogP contribution in [0.2, 0.25) is 0 Å². The summed E-state index contributed by atoms with van der Waals surface area (Å²) in [5.74, 6) is 2.17. The lowest BCUT2D eigenvalue weighted by molar-refractivity contribution is 0.0749. The van der Waals surface area contributed by atoms with Crippen molar-refractivity contribution in [2.45, 2.75) is 32.7 Å². The van der Waals surface area contributed by atoms with E-state index >= 15 is 0 Å². The summed E-state index contributed by atoms with van der Waals surface area (Å²) in [5, 5.41) is 0. The number of aryl methyl sites for hydroxylation is 2. The Labute approximate surface area is 164 Å². The molecular formula is C22H24N4O2. The summed E-state index contributed by atoms with van der Waals surface area (Å²) < 4.78 is 7.89. The first-order chi connectivity index (χ1) is 13.5. The molecule has 1 unspecified atom stereocenters. The van der Waals surface area contributed by atoms with Crippen molar-refractivity contribution in [2.24, 2.45) is 0 Å². The lowest BCUT2D eigenvalue weighted by Gasteiger charge is -2.46. The highest BCUT2D eigenvalue weighted by Crippen LogP contribution is 2.46. The zero-order chi connectivity index (χ0) is 19.5. The highest BCUT2D eigenvalue weighted by Gasteiger charge is 2.50. The zero-order valence-corrected chi connectivity index (χ0v) is 16.5. The summed E-state index contributed by atoms with van der Waals surface area (Å²) in [4.78, 5) is 22.1. The third-order valence-electron chi connectivity index (χ3n) is 6.26. The predicted molar refractivity (Wildman–Crippen MR) is 107 cm³/mol. The number of nitrogens with zero attached hydrogens (tertiary/aromatic N) is 4. The molecule has 1 amide bonds. The molecule has 3 aromatic heterocycles. The van der Waals surface area contributed by atoms with Gasteiger partial charge in [0, 0.05) is 25.5 Å². The summed E-state index contributed by atoms with van der Waals surface area (Å²) >= 11 is 0. The molecule has 0 bridgehead atoms. The maximum absolute atomic E-state index is 13.1. The summed E-state index contributed by atoms with van der Waals surface area (Å²) in [6, 6.07) is 10.2. The van der Waals surface area contributed by atoms with Gasteiger partial charge >= 0.3 is 0 Å². The van der Waals surface area contributed by atoms with E-state index in [1.807, 2.05) is 37.1 Å². The molecule has 0 radical (unpaired) electrons. The number of furan rings is 1. The smallest absolute Gasteiger partial charge is 0.289 e. The van der Waals surface area contributed by atoms with Crippen molar-refractivity contribution in [3.8, 4) is 5.82 Å². The number of likely N-dealkylation sites (N-methyl/N-ethyl adjacent to an activating group) is 1. The Kier molecular flexibility index (Phi) is 3.66. The molecule has 5 rings (SSSR count). The first-order valence-electron chi connectivity index (χ1n) is 9.82. The van der Waals surface area contributed by atoms with E-state index in [4.69, 9.17) is 4.42 Å². The molecule has 1 spiro atoms. The van der Waals surface area contributed by atoms with Crippen molar-refractivity contribution in [3.05, 3.63) is 65.5 Å². The van der Waals surface area contributed by atoms with E-state index in [-0.39, 0.29) is 11.4 Å². The molecule has 28 heavy (non-hydrogen) atoms. The van der Waals surface area contributed by atoms with Crippen molar-refractivity contribution in [3.63, 3.8) is 0 Å². The summed E-state index contributed by atoms with van der Waals surface area (Å²) in [6.45, 7) is 8.23. The molecule has 1 fully saturated rings. The van der Waals surface area contributed by atoms with Crippen LogP contribution in [0.25, 0.3) is 5.82 Å². The number of carbonyl (C=O) groups is 1. The number of rotatable bonds is 2. The molecule has 144 valence electrons. The minimum Gasteiger partial charge on any atom is -0.456 e. The van der Waals surface area contributed by atoms with Gasteiger partial charge in [-0.25, -0.2) is 4.98 Å². The minimum absolute atomic E-state index is 0.0285. The number of hydrogen-bond acceptors (Lipinski definition) is 4. The van der Waals surface area contributed by atoms with Crippen LogP contribution in [0.4, 0.5) is 5.69 Å². The maximum atomic E-state index is 13.1. The third-order valence-corrected chi connectivity index (χ3v) is 6.26. The molecule has 2 aliphatic rings. The van der Waals surface area contributed by atoms with Gasteiger partial charge in [-0.1, -0.05) is 0 Å². The number of carbonyl (C=O) groups excluding carboxylic acids is 1. The maximum Gasteiger partial charge on any atom is 0.289 e. The fourth-order valence-electron chi connectivity index (χ4n) is 4.80. The number of hydrogen-bond donors (Lipinski definition) is 0. The molecule has 1 saturated heterocycles. The Morgan fingerprint density at radius 3 is 2.89 bits per heavy atom. The number of amides is 1. The van der Waals surface area contributed by atoms with E-state index < -0.39 is 0 Å². The van der Waals surface area contributed by atoms with Crippen LogP contribution in [0, 0.1) is 13.8 Å². The normalized spacial score (nSPS) is 20.5. The predicted octanol–water partition coefficient (Wildman–Crippen LogP) is 3.66. The molecule has 1 atom stereocenters. The Bertz CT molecular complexity index is 1050. The van der Waals surface area contributed by atoms with Crippen molar-refractivity contribution in [1.29, 1.82) is 0 Å². The van der Waals surface area contributed by atoms with Gasteiger partial charge in [0.15, 0.2) is 11.6 Å². The van der Waals surface area contributed by atoms with Crippen LogP contribution in [-0.2, 0) is 5.54 Å². The van der Waals surface area contributed by atoms with E-state index in [1.54, 1.807) is 0 Å². The standard InChI is InChI=1S/C22H24N4O2/c1-4-26-17-7-5-10-23-20(17)25-11-6-8-19(25)22(26)9-12-24(14-22)21(27)18-13-15(2)16(3)28-18/h5-8,10-11,13H,4,9,12,14H2,1-3H3. The van der Waals surface area contributed by atoms with Gasteiger partial charge in [0.25, 0.3) is 5.91 Å². The van der Waals surface area contributed by atoms with Crippen molar-refractivity contribution >= 4 is 11.6 Å². The van der Waals surface area contributed by atoms with Gasteiger partial charge in [0.2, 0.25) is 0 Å². The molecule has 0 N–H and O–H groups in total. The van der Waals surface area contributed by atoms with Crippen LogP contribution in [0.15, 0.2) is 47.1 Å². The van der Waals surface area contributed by atoms with Crippen molar-refractivity contribution < 1.29 is 9.21 Å². The van der Waals surface area contributed by atoms with Crippen LogP contribution >= 0.6 is 0 Å². The number of pyridine rings is 1. The van der Waals surface area contributed by atoms with Gasteiger partial charge in [-0.2, -0.15) is 0 Å². The second kappa shape index (κ2) is 5.99. The monoisotopic (exact) mass is 376 g/mol. The molecule has 5 heterocycles. The van der Waals surface area contributed by atoms with E-state index in [9.17, 15) is 4.79 Å². The first-order valence-corrected chi connectivity index (χ1v) is 9.82. The number of fused-ring (bicyclic) bond motifs is 4. The summed E-state index contributed by atoms with van der Waals surface area (Å²) in [6.07, 6.45) is 4.78. The van der Waals surface area contributed by atoms with E-state index in [2.05, 4.69) is 45.8 Å². The van der Waals surface area contributed by atoms with E-state index in [0.29, 0.717) is 18.8 Å². The fourth-order valence-corrected chi connectivity index (χ4v) is 4.80. The topological polar surface area (TPSA) is 54.5 Å². The molecule has 3 aromatic rings. The van der Waals surface area contributed by atoms with Crippen molar-refractivity contribution in [1.82, 2.24) is 14.5 Å². The quantitative estimate of drug-likeness (QED) is 0.685. The highest BCUT2D eigenvalue weighted by molar-refractivity contribution is 5.92. The van der Waals surface area contributed by atoms with Gasteiger partial charge in [-0.05, 0) is 63.1 Å². The SMILES string of the molecule is CCN1c2cccnc2-n2cccc2C12CCN(C(=O)c1cc(C)c(C)o1)C2. The minimum atomic E-state index is -0.249.